The van der Waals surface area contributed by atoms with Crippen molar-refractivity contribution in [3.8, 4) is 67.5 Å². The molecule has 11 rings (SSSR count). The van der Waals surface area contributed by atoms with Gasteiger partial charge in [-0.15, -0.1) is 0 Å². The molecular formula is C53H33N3O. The molecule has 0 unspecified atom stereocenters. The molecule has 0 N–H and O–H groups in total. The Kier molecular flexibility index (Phi) is 7.78. The molecular weight excluding hydrogens is 695 g/mol. The van der Waals surface area contributed by atoms with Gasteiger partial charge >= 0.3 is 0 Å². The average Bonchev–Trinajstić information content (AvgIpc) is 3.69. The summed E-state index contributed by atoms with van der Waals surface area (Å²) in [5.41, 5.74) is 11.2. The van der Waals surface area contributed by atoms with Crippen LogP contribution in [0.5, 0.6) is 0 Å². The second-order valence-corrected chi connectivity index (χ2v) is 14.4. The molecule has 11 aromatic rings. The number of fused-ring (bicyclic) bond motifs is 6. The number of furan rings is 1. The molecule has 4 heteroatoms. The summed E-state index contributed by atoms with van der Waals surface area (Å²) in [6.07, 6.45) is 0. The molecule has 4 nitrogen and oxygen atoms in total. The molecule has 0 atom stereocenters. The van der Waals surface area contributed by atoms with E-state index in [2.05, 4.69) is 164 Å². The van der Waals surface area contributed by atoms with Crippen molar-refractivity contribution in [1.29, 1.82) is 0 Å². The van der Waals surface area contributed by atoms with Crippen molar-refractivity contribution >= 4 is 43.5 Å². The summed E-state index contributed by atoms with van der Waals surface area (Å²) in [4.78, 5) is 15.2. The maximum absolute atomic E-state index is 7.00. The van der Waals surface area contributed by atoms with Crippen LogP contribution >= 0.6 is 0 Å². The first-order valence-corrected chi connectivity index (χ1v) is 19.2. The van der Waals surface area contributed by atoms with E-state index in [4.69, 9.17) is 19.4 Å². The molecule has 2 heterocycles. The van der Waals surface area contributed by atoms with Crippen LogP contribution in [0.3, 0.4) is 0 Å². The van der Waals surface area contributed by atoms with E-state index in [0.717, 1.165) is 71.7 Å². The van der Waals surface area contributed by atoms with Crippen LogP contribution in [0.2, 0.25) is 0 Å². The molecule has 0 aliphatic heterocycles. The van der Waals surface area contributed by atoms with Gasteiger partial charge in [0.1, 0.15) is 11.2 Å². The van der Waals surface area contributed by atoms with Crippen molar-refractivity contribution < 1.29 is 4.42 Å². The summed E-state index contributed by atoms with van der Waals surface area (Å²) in [6, 6.07) is 69.8. The normalized spacial score (nSPS) is 11.5. The Morgan fingerprint density at radius 2 is 0.825 bits per heavy atom. The number of nitrogens with zero attached hydrogens (tertiary/aromatic N) is 3. The number of rotatable bonds is 6. The smallest absolute Gasteiger partial charge is 0.164 e. The Morgan fingerprint density at radius 1 is 0.298 bits per heavy atom. The lowest BCUT2D eigenvalue weighted by atomic mass is 9.90. The van der Waals surface area contributed by atoms with Gasteiger partial charge < -0.3 is 4.42 Å². The molecule has 0 aliphatic rings. The highest BCUT2D eigenvalue weighted by Gasteiger charge is 2.20. The van der Waals surface area contributed by atoms with E-state index in [1.165, 1.54) is 21.9 Å². The predicted octanol–water partition coefficient (Wildman–Crippen LogP) is 14.1. The van der Waals surface area contributed by atoms with E-state index in [-0.39, 0.29) is 0 Å². The Hall–Kier alpha value is -7.69. The van der Waals surface area contributed by atoms with Gasteiger partial charge in [-0.3, -0.25) is 0 Å². The maximum atomic E-state index is 7.00. The van der Waals surface area contributed by atoms with Crippen LogP contribution in [0.25, 0.3) is 111 Å². The van der Waals surface area contributed by atoms with Gasteiger partial charge in [0.2, 0.25) is 0 Å². The summed E-state index contributed by atoms with van der Waals surface area (Å²) in [5, 5.41) is 6.84. The molecule has 0 saturated heterocycles. The van der Waals surface area contributed by atoms with Gasteiger partial charge in [0, 0.05) is 33.0 Å². The zero-order chi connectivity index (χ0) is 37.7. The van der Waals surface area contributed by atoms with Crippen LogP contribution < -0.4 is 0 Å². The van der Waals surface area contributed by atoms with Crippen molar-refractivity contribution in [2.45, 2.75) is 0 Å². The van der Waals surface area contributed by atoms with Gasteiger partial charge in [-0.2, -0.15) is 0 Å². The fraction of sp³-hybridized carbons (Fsp3) is 0. The Bertz CT molecular complexity index is 3280. The van der Waals surface area contributed by atoms with Crippen molar-refractivity contribution in [1.82, 2.24) is 15.0 Å². The monoisotopic (exact) mass is 727 g/mol. The number of hydrogen-bond donors (Lipinski definition) is 0. The lowest BCUT2D eigenvalue weighted by Crippen LogP contribution is -2.00. The number of hydrogen-bond acceptors (Lipinski definition) is 4. The molecule has 9 aromatic carbocycles. The molecule has 2 aromatic heterocycles. The Balaban J connectivity index is 1.11. The number of benzene rings is 9. The summed E-state index contributed by atoms with van der Waals surface area (Å²) in [6.45, 7) is 0. The minimum atomic E-state index is 0.582. The van der Waals surface area contributed by atoms with Crippen LogP contribution in [0.1, 0.15) is 0 Å². The molecule has 0 aliphatic carbocycles. The van der Waals surface area contributed by atoms with Gasteiger partial charge in [0.15, 0.2) is 17.5 Å². The van der Waals surface area contributed by atoms with Crippen LogP contribution in [0.15, 0.2) is 205 Å². The Morgan fingerprint density at radius 3 is 1.54 bits per heavy atom. The highest BCUT2D eigenvalue weighted by atomic mass is 16.3. The first-order chi connectivity index (χ1) is 28.2. The number of aromatic nitrogens is 3. The molecule has 0 fully saturated rings. The van der Waals surface area contributed by atoms with Crippen molar-refractivity contribution in [2.24, 2.45) is 0 Å². The second-order valence-electron chi connectivity index (χ2n) is 14.4. The van der Waals surface area contributed by atoms with Gasteiger partial charge in [-0.25, -0.2) is 15.0 Å². The fourth-order valence-electron chi connectivity index (χ4n) is 8.19. The van der Waals surface area contributed by atoms with Crippen molar-refractivity contribution in [3.05, 3.63) is 200 Å². The minimum Gasteiger partial charge on any atom is -0.455 e. The van der Waals surface area contributed by atoms with Crippen LogP contribution in [-0.2, 0) is 0 Å². The summed E-state index contributed by atoms with van der Waals surface area (Å²) < 4.78 is 7.00. The lowest BCUT2D eigenvalue weighted by molar-refractivity contribution is 0.670. The topological polar surface area (TPSA) is 51.8 Å². The fourth-order valence-corrected chi connectivity index (χ4v) is 8.19. The van der Waals surface area contributed by atoms with E-state index in [1.54, 1.807) is 0 Å². The molecule has 57 heavy (non-hydrogen) atoms. The third-order valence-electron chi connectivity index (χ3n) is 10.9. The molecule has 0 radical (unpaired) electrons. The lowest BCUT2D eigenvalue weighted by Gasteiger charge is -2.13. The summed E-state index contributed by atoms with van der Waals surface area (Å²) >= 11 is 0. The molecule has 0 saturated carbocycles. The first kappa shape index (κ1) is 32.7. The molecule has 0 bridgehead atoms. The van der Waals surface area contributed by atoms with E-state index >= 15 is 0 Å². The van der Waals surface area contributed by atoms with Gasteiger partial charge in [0.25, 0.3) is 0 Å². The van der Waals surface area contributed by atoms with Crippen LogP contribution in [0.4, 0.5) is 0 Å². The SMILES string of the molecule is c1ccc(-c2cccc(-c3nc(-c4ccccc4)nc(-c4ccc5c(c4)oc4c(-c6ccc(-c7ccccc7)c7ccccc67)cc6ccccc6c45)n3)c2)cc1. The molecule has 0 spiro atoms. The van der Waals surface area contributed by atoms with Gasteiger partial charge in [-0.1, -0.05) is 176 Å². The molecule has 266 valence electrons. The van der Waals surface area contributed by atoms with Crippen molar-refractivity contribution in [3.63, 3.8) is 0 Å². The predicted molar refractivity (Wildman–Crippen MR) is 235 cm³/mol. The van der Waals surface area contributed by atoms with Gasteiger partial charge in [-0.05, 0) is 73.6 Å². The highest BCUT2D eigenvalue weighted by Crippen LogP contribution is 2.45. The largest absolute Gasteiger partial charge is 0.455 e. The van der Waals surface area contributed by atoms with Crippen molar-refractivity contribution in [2.75, 3.05) is 0 Å². The quantitative estimate of drug-likeness (QED) is 0.171. The standard InChI is InChI=1S/C53H33N3O/c1-4-15-34(16-5-1)37-22-14-23-39(31-37)52-54-51(36-19-8-3-9-20-36)55-53(56-52)40-27-28-46-48(33-40)57-50-47(32-38-21-10-11-24-42(38)49(46)50)45-30-29-41(35-17-6-2-7-18-35)43-25-12-13-26-44(43)45/h1-33H. The maximum Gasteiger partial charge on any atom is 0.164 e. The zero-order valence-electron chi connectivity index (χ0n) is 30.8. The van der Waals surface area contributed by atoms with E-state index in [1.807, 2.05) is 36.4 Å². The highest BCUT2D eigenvalue weighted by molar-refractivity contribution is 6.24. The van der Waals surface area contributed by atoms with E-state index < -0.39 is 0 Å². The third-order valence-corrected chi connectivity index (χ3v) is 10.9. The van der Waals surface area contributed by atoms with Crippen LogP contribution in [0, 0.1) is 0 Å². The first-order valence-electron chi connectivity index (χ1n) is 19.2. The van der Waals surface area contributed by atoms with Gasteiger partial charge in [0.05, 0.1) is 0 Å². The second kappa shape index (κ2) is 13.6. The van der Waals surface area contributed by atoms with Crippen LogP contribution in [-0.4, -0.2) is 15.0 Å². The summed E-state index contributed by atoms with van der Waals surface area (Å²) in [5.74, 6) is 1.81. The summed E-state index contributed by atoms with van der Waals surface area (Å²) in [7, 11) is 0. The third kappa shape index (κ3) is 5.74. The van der Waals surface area contributed by atoms with E-state index in [9.17, 15) is 0 Å². The average molecular weight is 728 g/mol. The Labute approximate surface area is 329 Å². The van der Waals surface area contributed by atoms with E-state index in [0.29, 0.717) is 17.5 Å². The molecule has 0 amide bonds. The minimum absolute atomic E-state index is 0.582. The zero-order valence-corrected chi connectivity index (χ0v) is 30.8.